The number of rotatable bonds is 4. The molecule has 0 aliphatic rings. The highest BCUT2D eigenvalue weighted by Gasteiger charge is 2.15. The van der Waals surface area contributed by atoms with Crippen LogP contribution in [0.1, 0.15) is 5.56 Å². The van der Waals surface area contributed by atoms with E-state index in [2.05, 4.69) is 15.1 Å². The molecule has 0 fully saturated rings. The van der Waals surface area contributed by atoms with Crippen LogP contribution in [0.15, 0.2) is 33.7 Å². The second kappa shape index (κ2) is 5.34. The first-order valence-corrected chi connectivity index (χ1v) is 5.58. The van der Waals surface area contributed by atoms with Crippen LogP contribution in [0, 0.1) is 17.0 Å². The van der Waals surface area contributed by atoms with Gasteiger partial charge in [-0.3, -0.25) is 19.4 Å². The third kappa shape index (κ3) is 3.07. The van der Waals surface area contributed by atoms with Crippen molar-refractivity contribution >= 4 is 17.3 Å². The standard InChI is InChI=1S/C11H10N4O5/c1-7-4-8(15(18)19)2-3-9(7)12-10(16)5-14-6-11(17)20-13-14/h2-4,6H,5H2,1H3,(H-,12,13,16,17)/p+1. The topological polar surface area (TPSA) is 122 Å². The van der Waals surface area contributed by atoms with Gasteiger partial charge in [0.1, 0.15) is 0 Å². The normalized spacial score (nSPS) is 10.2. The first-order chi connectivity index (χ1) is 9.45. The Bertz CT molecular complexity index is 718. The molecule has 0 spiro atoms. The van der Waals surface area contributed by atoms with Crippen LogP contribution in [0.2, 0.25) is 0 Å². The molecule has 0 radical (unpaired) electrons. The van der Waals surface area contributed by atoms with E-state index in [1.54, 1.807) is 6.92 Å². The lowest BCUT2D eigenvalue weighted by molar-refractivity contribution is -0.750. The lowest BCUT2D eigenvalue weighted by atomic mass is 10.2. The van der Waals surface area contributed by atoms with Gasteiger partial charge in [0.25, 0.3) is 24.3 Å². The number of nitro benzene ring substituents is 1. The van der Waals surface area contributed by atoms with Crippen molar-refractivity contribution in [3.8, 4) is 0 Å². The number of H-pyrrole nitrogens is 1. The molecule has 0 saturated carbocycles. The molecular formula is C11H11N4O5+. The minimum atomic E-state index is -0.593. The van der Waals surface area contributed by atoms with Gasteiger partial charge in [-0.1, -0.05) is 4.68 Å². The fourth-order valence-corrected chi connectivity index (χ4v) is 1.61. The number of nitrogens with zero attached hydrogens (tertiary/aromatic N) is 2. The molecule has 1 heterocycles. The predicted octanol–water partition coefficient (Wildman–Crippen LogP) is 0.111. The molecule has 1 aromatic carbocycles. The Labute approximate surface area is 111 Å². The van der Waals surface area contributed by atoms with E-state index in [1.165, 1.54) is 22.9 Å². The molecule has 20 heavy (non-hydrogen) atoms. The number of hydrogen-bond acceptors (Lipinski definition) is 5. The molecule has 1 aromatic heterocycles. The van der Waals surface area contributed by atoms with Crippen LogP contribution >= 0.6 is 0 Å². The summed E-state index contributed by atoms with van der Waals surface area (Å²) in [5.74, 6) is -0.399. The van der Waals surface area contributed by atoms with Gasteiger partial charge in [0.15, 0.2) is 0 Å². The zero-order valence-corrected chi connectivity index (χ0v) is 10.5. The summed E-state index contributed by atoms with van der Waals surface area (Å²) in [6, 6.07) is 4.12. The van der Waals surface area contributed by atoms with Gasteiger partial charge in [0.05, 0.1) is 4.92 Å². The summed E-state index contributed by atoms with van der Waals surface area (Å²) in [5.41, 5.74) is 0.392. The molecule has 0 atom stereocenters. The second-order valence-electron chi connectivity index (χ2n) is 4.07. The number of amides is 1. The van der Waals surface area contributed by atoms with Crippen LogP contribution in [-0.2, 0) is 11.3 Å². The van der Waals surface area contributed by atoms with Gasteiger partial charge in [0, 0.05) is 17.8 Å². The molecule has 2 rings (SSSR count). The van der Waals surface area contributed by atoms with Gasteiger partial charge in [0.2, 0.25) is 0 Å². The van der Waals surface area contributed by atoms with E-state index in [9.17, 15) is 19.7 Å². The van der Waals surface area contributed by atoms with Crippen LogP contribution in [0.25, 0.3) is 0 Å². The molecule has 0 saturated heterocycles. The van der Waals surface area contributed by atoms with E-state index in [0.717, 1.165) is 6.20 Å². The summed E-state index contributed by atoms with van der Waals surface area (Å²) in [5, 5.41) is 15.4. The molecule has 104 valence electrons. The Morgan fingerprint density at radius 3 is 2.85 bits per heavy atom. The summed E-state index contributed by atoms with van der Waals surface area (Å²) in [4.78, 5) is 32.6. The molecule has 2 N–H and O–H groups in total. The van der Waals surface area contributed by atoms with Gasteiger partial charge < -0.3 is 5.32 Å². The third-order valence-corrected chi connectivity index (χ3v) is 2.53. The Kier molecular flexibility index (Phi) is 3.60. The summed E-state index contributed by atoms with van der Waals surface area (Å²) in [6.45, 7) is 1.51. The number of carbonyl (C=O) groups excluding carboxylic acids is 1. The van der Waals surface area contributed by atoms with Crippen LogP contribution < -0.4 is 15.6 Å². The number of carbonyl (C=O) groups is 1. The summed E-state index contributed by atoms with van der Waals surface area (Å²) >= 11 is 0. The van der Waals surface area contributed by atoms with Crippen molar-refractivity contribution in [1.82, 2.24) is 5.27 Å². The molecule has 9 nitrogen and oxygen atoms in total. The number of aryl methyl sites for hydroxylation is 1. The number of nitro groups is 1. The van der Waals surface area contributed by atoms with Crippen molar-refractivity contribution in [2.24, 2.45) is 0 Å². The Morgan fingerprint density at radius 1 is 1.55 bits per heavy atom. The van der Waals surface area contributed by atoms with Crippen LogP contribution in [0.4, 0.5) is 11.4 Å². The van der Waals surface area contributed by atoms with Crippen molar-refractivity contribution in [1.29, 1.82) is 0 Å². The van der Waals surface area contributed by atoms with E-state index >= 15 is 0 Å². The van der Waals surface area contributed by atoms with Crippen LogP contribution in [-0.4, -0.2) is 16.1 Å². The fraction of sp³-hybridized carbons (Fsp3) is 0.182. The first-order valence-electron chi connectivity index (χ1n) is 5.58. The van der Waals surface area contributed by atoms with Crippen LogP contribution in [0.3, 0.4) is 0 Å². The Balaban J connectivity index is 2.08. The SMILES string of the molecule is Cc1cc([N+](=O)[O-])ccc1NC(=O)C[n+]1cc(=O)o[nH]1. The largest absolute Gasteiger partial charge is 0.426 e. The number of hydrogen-bond donors (Lipinski definition) is 2. The van der Waals surface area contributed by atoms with Crippen molar-refractivity contribution in [3.63, 3.8) is 0 Å². The smallest absolute Gasteiger partial charge is 0.320 e. The van der Waals surface area contributed by atoms with Gasteiger partial charge in [-0.2, -0.15) is 0 Å². The minimum Gasteiger partial charge on any atom is -0.320 e. The highest BCUT2D eigenvalue weighted by atomic mass is 16.6. The van der Waals surface area contributed by atoms with Crippen molar-refractivity contribution in [2.75, 3.05) is 5.32 Å². The van der Waals surface area contributed by atoms with E-state index < -0.39 is 16.5 Å². The quantitative estimate of drug-likeness (QED) is 0.467. The van der Waals surface area contributed by atoms with Gasteiger partial charge in [-0.25, -0.2) is 4.79 Å². The first kappa shape index (κ1) is 13.5. The minimum absolute atomic E-state index is 0.0472. The average molecular weight is 279 g/mol. The van der Waals surface area contributed by atoms with E-state index in [1.807, 2.05) is 0 Å². The zero-order chi connectivity index (χ0) is 14.7. The number of aromatic amines is 1. The fourth-order valence-electron chi connectivity index (χ4n) is 1.61. The highest BCUT2D eigenvalue weighted by molar-refractivity contribution is 5.90. The van der Waals surface area contributed by atoms with Gasteiger partial charge >= 0.3 is 5.63 Å². The van der Waals surface area contributed by atoms with Gasteiger partial charge in [-0.15, -0.1) is 0 Å². The summed E-state index contributed by atoms with van der Waals surface area (Å²) < 4.78 is 5.59. The molecule has 9 heteroatoms. The Hall–Kier alpha value is -2.97. The number of anilines is 1. The number of benzene rings is 1. The maximum absolute atomic E-state index is 11.7. The molecule has 0 unspecified atom stereocenters. The molecule has 0 bridgehead atoms. The molecule has 0 aliphatic heterocycles. The molecule has 1 amide bonds. The zero-order valence-electron chi connectivity index (χ0n) is 10.5. The van der Waals surface area contributed by atoms with Crippen LogP contribution in [0.5, 0.6) is 0 Å². The number of non-ortho nitro benzene ring substituents is 1. The maximum atomic E-state index is 11.7. The summed E-state index contributed by atoms with van der Waals surface area (Å²) in [7, 11) is 0. The number of aromatic nitrogens is 2. The Morgan fingerprint density at radius 2 is 2.30 bits per heavy atom. The van der Waals surface area contributed by atoms with Crippen molar-refractivity contribution < 1.29 is 18.9 Å². The molecular weight excluding hydrogens is 268 g/mol. The van der Waals surface area contributed by atoms with E-state index in [4.69, 9.17) is 0 Å². The molecule has 0 aliphatic carbocycles. The highest BCUT2D eigenvalue weighted by Crippen LogP contribution is 2.20. The lowest BCUT2D eigenvalue weighted by Gasteiger charge is -2.05. The lowest BCUT2D eigenvalue weighted by Crippen LogP contribution is -2.41. The maximum Gasteiger partial charge on any atom is 0.426 e. The van der Waals surface area contributed by atoms with E-state index in [0.29, 0.717) is 11.3 Å². The third-order valence-electron chi connectivity index (χ3n) is 2.53. The average Bonchev–Trinajstić information content (AvgIpc) is 2.77. The van der Waals surface area contributed by atoms with E-state index in [-0.39, 0.29) is 12.2 Å². The monoisotopic (exact) mass is 279 g/mol. The van der Waals surface area contributed by atoms with Crippen molar-refractivity contribution in [3.05, 3.63) is 50.5 Å². The molecule has 2 aromatic rings. The van der Waals surface area contributed by atoms with Crippen molar-refractivity contribution in [2.45, 2.75) is 13.5 Å². The summed E-state index contributed by atoms with van der Waals surface area (Å²) in [6.07, 6.45) is 1.10. The second-order valence-corrected chi connectivity index (χ2v) is 4.07. The van der Waals surface area contributed by atoms with Gasteiger partial charge in [-0.05, 0) is 23.8 Å². The number of nitrogens with one attached hydrogen (secondary N) is 2. The predicted molar refractivity (Wildman–Crippen MR) is 66.0 cm³/mol.